The zero-order chi connectivity index (χ0) is 27.9. The zero-order valence-corrected chi connectivity index (χ0v) is 22.1. The third-order valence-corrected chi connectivity index (χ3v) is 6.47. The lowest BCUT2D eigenvalue weighted by Gasteiger charge is -2.16. The Hall–Kier alpha value is -4.50. The molecule has 0 aliphatic carbocycles. The lowest BCUT2D eigenvalue weighted by Crippen LogP contribution is -2.39. The van der Waals surface area contributed by atoms with Crippen molar-refractivity contribution in [2.75, 3.05) is 32.3 Å². The summed E-state index contributed by atoms with van der Waals surface area (Å²) in [7, 11) is 3.14. The van der Waals surface area contributed by atoms with Crippen molar-refractivity contribution in [1.29, 1.82) is 0 Å². The average Bonchev–Trinajstić information content (AvgIpc) is 3.24. The Labute approximate surface area is 226 Å². The molecule has 0 radical (unpaired) electrons. The minimum absolute atomic E-state index is 0.0374. The van der Waals surface area contributed by atoms with Crippen molar-refractivity contribution >= 4 is 29.3 Å². The number of Topliss-reactive ketones (excluding diaryl/α,β-unsaturated/α-hetero) is 1. The summed E-state index contributed by atoms with van der Waals surface area (Å²) in [6.07, 6.45) is 0.664. The smallest absolute Gasteiger partial charge is 0.338 e. The molecule has 9 nitrogen and oxygen atoms in total. The molecule has 0 aromatic heterocycles. The standard InChI is InChI=1S/C30H30N2O7/c1-19-4-7-21(8-5-19)25(33)18-39-30(36)22-9-11-23(12-10-22)32-28(34)17-24(29(32)35)31-15-14-20-6-13-26(37-2)27(16-20)38-3/h4-13,16,24,31H,14-15,17-18H2,1-3H3. The number of methoxy groups -OCH3 is 2. The van der Waals surface area contributed by atoms with Crippen LogP contribution in [0.5, 0.6) is 11.5 Å². The van der Waals surface area contributed by atoms with Crippen LogP contribution in [0.1, 0.15) is 38.3 Å². The van der Waals surface area contributed by atoms with Crippen LogP contribution >= 0.6 is 0 Å². The van der Waals surface area contributed by atoms with Crippen molar-refractivity contribution in [3.8, 4) is 11.5 Å². The van der Waals surface area contributed by atoms with E-state index in [4.69, 9.17) is 14.2 Å². The van der Waals surface area contributed by atoms with Gasteiger partial charge in [-0.25, -0.2) is 9.69 Å². The Morgan fingerprint density at radius 3 is 2.23 bits per heavy atom. The van der Waals surface area contributed by atoms with Crippen molar-refractivity contribution in [1.82, 2.24) is 5.32 Å². The second kappa shape index (κ2) is 12.4. The first-order chi connectivity index (χ1) is 18.8. The van der Waals surface area contributed by atoms with Crippen LogP contribution in [0, 0.1) is 6.92 Å². The molecule has 1 fully saturated rings. The third-order valence-electron chi connectivity index (χ3n) is 6.47. The van der Waals surface area contributed by atoms with Gasteiger partial charge in [0.2, 0.25) is 5.91 Å². The molecule has 4 rings (SSSR count). The molecule has 2 amide bonds. The highest BCUT2D eigenvalue weighted by atomic mass is 16.5. The summed E-state index contributed by atoms with van der Waals surface area (Å²) in [6, 6.07) is 17.9. The predicted octanol–water partition coefficient (Wildman–Crippen LogP) is 3.52. The van der Waals surface area contributed by atoms with Gasteiger partial charge in [0.25, 0.3) is 5.91 Å². The summed E-state index contributed by atoms with van der Waals surface area (Å²) in [5.74, 6) is -0.405. The number of hydrogen-bond acceptors (Lipinski definition) is 8. The van der Waals surface area contributed by atoms with Crippen LogP contribution in [-0.4, -0.2) is 57.0 Å². The van der Waals surface area contributed by atoms with E-state index < -0.39 is 12.0 Å². The number of nitrogens with one attached hydrogen (secondary N) is 1. The Morgan fingerprint density at radius 1 is 0.897 bits per heavy atom. The van der Waals surface area contributed by atoms with Crippen LogP contribution in [0.15, 0.2) is 66.7 Å². The number of ether oxygens (including phenoxy) is 3. The monoisotopic (exact) mass is 530 g/mol. The average molecular weight is 531 g/mol. The second-order valence-corrected chi connectivity index (χ2v) is 9.13. The number of carbonyl (C=O) groups excluding carboxylic acids is 4. The van der Waals surface area contributed by atoms with E-state index in [-0.39, 0.29) is 36.2 Å². The van der Waals surface area contributed by atoms with Gasteiger partial charge in [-0.2, -0.15) is 0 Å². The number of carbonyl (C=O) groups is 4. The molecule has 0 saturated carbocycles. The third kappa shape index (κ3) is 6.50. The molecule has 0 bridgehead atoms. The van der Waals surface area contributed by atoms with Gasteiger partial charge in [-0.15, -0.1) is 0 Å². The second-order valence-electron chi connectivity index (χ2n) is 9.13. The molecule has 1 saturated heterocycles. The number of nitrogens with zero attached hydrogens (tertiary/aromatic N) is 1. The van der Waals surface area contributed by atoms with Gasteiger partial charge < -0.3 is 19.5 Å². The fraction of sp³-hybridized carbons (Fsp3) is 0.267. The number of hydrogen-bond donors (Lipinski definition) is 1. The first kappa shape index (κ1) is 27.5. The minimum Gasteiger partial charge on any atom is -0.493 e. The van der Waals surface area contributed by atoms with Gasteiger partial charge in [-0.05, 0) is 61.9 Å². The van der Waals surface area contributed by atoms with E-state index in [1.54, 1.807) is 26.4 Å². The lowest BCUT2D eigenvalue weighted by molar-refractivity contribution is -0.121. The molecule has 9 heteroatoms. The van der Waals surface area contributed by atoms with E-state index in [0.29, 0.717) is 35.7 Å². The molecule has 1 atom stereocenters. The number of aryl methyl sites for hydroxylation is 1. The highest BCUT2D eigenvalue weighted by molar-refractivity contribution is 6.22. The molecular formula is C30H30N2O7. The molecule has 1 unspecified atom stereocenters. The molecule has 1 aliphatic heterocycles. The maximum absolute atomic E-state index is 13.0. The number of benzene rings is 3. The summed E-state index contributed by atoms with van der Waals surface area (Å²) in [6.45, 7) is 2.02. The fourth-order valence-electron chi connectivity index (χ4n) is 4.27. The van der Waals surface area contributed by atoms with Gasteiger partial charge in [-0.3, -0.25) is 14.4 Å². The molecule has 1 heterocycles. The van der Waals surface area contributed by atoms with Gasteiger partial charge in [-0.1, -0.05) is 35.9 Å². The van der Waals surface area contributed by atoms with E-state index in [1.807, 2.05) is 37.3 Å². The maximum Gasteiger partial charge on any atom is 0.338 e. The molecule has 3 aromatic rings. The fourth-order valence-corrected chi connectivity index (χ4v) is 4.27. The van der Waals surface area contributed by atoms with Gasteiger partial charge in [0.05, 0.1) is 37.9 Å². The number of imide groups is 1. The number of anilines is 1. The Kier molecular flexibility index (Phi) is 8.73. The van der Waals surface area contributed by atoms with Crippen molar-refractivity contribution in [2.24, 2.45) is 0 Å². The molecular weight excluding hydrogens is 500 g/mol. The van der Waals surface area contributed by atoms with E-state index >= 15 is 0 Å². The van der Waals surface area contributed by atoms with Crippen LogP contribution in [0.25, 0.3) is 0 Å². The Balaban J connectivity index is 1.30. The van der Waals surface area contributed by atoms with Crippen LogP contribution in [0.4, 0.5) is 5.69 Å². The van der Waals surface area contributed by atoms with E-state index in [2.05, 4.69) is 5.32 Å². The van der Waals surface area contributed by atoms with Crippen molar-refractivity contribution < 1.29 is 33.4 Å². The number of esters is 1. The molecule has 39 heavy (non-hydrogen) atoms. The van der Waals surface area contributed by atoms with Gasteiger partial charge in [0.15, 0.2) is 23.9 Å². The van der Waals surface area contributed by atoms with E-state index in [1.165, 1.54) is 24.3 Å². The highest BCUT2D eigenvalue weighted by Gasteiger charge is 2.39. The Bertz CT molecular complexity index is 1370. The Morgan fingerprint density at radius 2 is 1.56 bits per heavy atom. The van der Waals surface area contributed by atoms with E-state index in [9.17, 15) is 19.2 Å². The molecule has 0 spiro atoms. The highest BCUT2D eigenvalue weighted by Crippen LogP contribution is 2.28. The number of ketones is 1. The first-order valence-electron chi connectivity index (χ1n) is 12.5. The van der Waals surface area contributed by atoms with Gasteiger partial charge in [0.1, 0.15) is 0 Å². The SMILES string of the molecule is COc1ccc(CCNC2CC(=O)N(c3ccc(C(=O)OCC(=O)c4ccc(C)cc4)cc3)C2=O)cc1OC. The van der Waals surface area contributed by atoms with Crippen LogP contribution in [0.3, 0.4) is 0 Å². The molecule has 1 aliphatic rings. The van der Waals surface area contributed by atoms with Crippen molar-refractivity contribution in [2.45, 2.75) is 25.8 Å². The molecule has 202 valence electrons. The zero-order valence-electron chi connectivity index (χ0n) is 22.1. The summed E-state index contributed by atoms with van der Waals surface area (Å²) in [5, 5.41) is 3.16. The molecule has 1 N–H and O–H groups in total. The molecule has 3 aromatic carbocycles. The van der Waals surface area contributed by atoms with Gasteiger partial charge in [0, 0.05) is 5.56 Å². The van der Waals surface area contributed by atoms with E-state index in [0.717, 1.165) is 16.0 Å². The van der Waals surface area contributed by atoms with Crippen LogP contribution in [0.2, 0.25) is 0 Å². The summed E-state index contributed by atoms with van der Waals surface area (Å²) in [5.41, 5.74) is 3.05. The summed E-state index contributed by atoms with van der Waals surface area (Å²) < 4.78 is 15.7. The van der Waals surface area contributed by atoms with Gasteiger partial charge >= 0.3 is 5.97 Å². The predicted molar refractivity (Wildman–Crippen MR) is 144 cm³/mol. The number of rotatable bonds is 11. The normalized spacial score (nSPS) is 14.8. The summed E-state index contributed by atoms with van der Waals surface area (Å²) in [4.78, 5) is 51.4. The first-order valence-corrected chi connectivity index (χ1v) is 12.5. The minimum atomic E-state index is -0.671. The van der Waals surface area contributed by atoms with Crippen molar-refractivity contribution in [3.05, 3.63) is 89.0 Å². The number of amides is 2. The van der Waals surface area contributed by atoms with Crippen LogP contribution < -0.4 is 19.7 Å². The van der Waals surface area contributed by atoms with Crippen molar-refractivity contribution in [3.63, 3.8) is 0 Å². The van der Waals surface area contributed by atoms with Crippen LogP contribution in [-0.2, 0) is 20.7 Å². The lowest BCUT2D eigenvalue weighted by atomic mass is 10.1. The topological polar surface area (TPSA) is 111 Å². The summed E-state index contributed by atoms with van der Waals surface area (Å²) >= 11 is 0. The maximum atomic E-state index is 13.0. The quantitative estimate of drug-likeness (QED) is 0.228. The largest absolute Gasteiger partial charge is 0.493 e.